The molecule has 0 radical (unpaired) electrons. The van der Waals surface area contributed by atoms with E-state index in [0.717, 1.165) is 24.0 Å². The highest BCUT2D eigenvalue weighted by molar-refractivity contribution is 5.86. The average Bonchev–Trinajstić information content (AvgIpc) is 2.35. The zero-order valence-corrected chi connectivity index (χ0v) is 9.91. The van der Waals surface area contributed by atoms with E-state index in [0.29, 0.717) is 11.3 Å². The number of nitrogens with one attached hydrogen (secondary N) is 2. The van der Waals surface area contributed by atoms with Crippen LogP contribution in [-0.4, -0.2) is 30.7 Å². The molecule has 0 atom stereocenters. The molecule has 0 spiro atoms. The van der Waals surface area contributed by atoms with Gasteiger partial charge in [-0.15, -0.1) is 0 Å². The molecule has 5 nitrogen and oxygen atoms in total. The fourth-order valence-corrected chi connectivity index (χ4v) is 1.82. The van der Waals surface area contributed by atoms with E-state index in [-0.39, 0.29) is 5.69 Å². The Bertz CT molecular complexity index is 577. The Kier molecular flexibility index (Phi) is 3.39. The first kappa shape index (κ1) is 11.6. The summed E-state index contributed by atoms with van der Waals surface area (Å²) in [5, 5.41) is 3.99. The van der Waals surface area contributed by atoms with Crippen LogP contribution in [0, 0.1) is 0 Å². The highest BCUT2D eigenvalue weighted by Crippen LogP contribution is 2.23. The van der Waals surface area contributed by atoms with Crippen LogP contribution in [0.2, 0.25) is 0 Å². The molecule has 0 amide bonds. The SMILES string of the molecule is CNCCc1[nH]c(=O)nc2c(OC)cccc12. The van der Waals surface area contributed by atoms with Gasteiger partial charge in [0.15, 0.2) is 0 Å². The number of fused-ring (bicyclic) bond motifs is 1. The summed E-state index contributed by atoms with van der Waals surface area (Å²) < 4.78 is 5.21. The zero-order valence-electron chi connectivity index (χ0n) is 9.91. The first-order valence-corrected chi connectivity index (χ1v) is 5.46. The molecule has 1 aromatic carbocycles. The van der Waals surface area contributed by atoms with Crippen molar-refractivity contribution < 1.29 is 4.74 Å². The van der Waals surface area contributed by atoms with Gasteiger partial charge in [-0.25, -0.2) is 4.79 Å². The van der Waals surface area contributed by atoms with Gasteiger partial charge in [-0.1, -0.05) is 12.1 Å². The average molecular weight is 233 g/mol. The Labute approximate surface area is 98.8 Å². The summed E-state index contributed by atoms with van der Waals surface area (Å²) in [5.41, 5.74) is 1.16. The van der Waals surface area contributed by atoms with Crippen LogP contribution in [-0.2, 0) is 6.42 Å². The summed E-state index contributed by atoms with van der Waals surface area (Å²) >= 11 is 0. The molecule has 0 aliphatic heterocycles. The Morgan fingerprint density at radius 1 is 1.47 bits per heavy atom. The molecular formula is C12H15N3O2. The van der Waals surface area contributed by atoms with Crippen LogP contribution in [0.25, 0.3) is 10.9 Å². The normalized spacial score (nSPS) is 10.7. The predicted octanol–water partition coefficient (Wildman–Crippen LogP) is 0.694. The molecular weight excluding hydrogens is 218 g/mol. The number of nitrogens with zero attached hydrogens (tertiary/aromatic N) is 1. The van der Waals surface area contributed by atoms with Crippen molar-refractivity contribution in [2.45, 2.75) is 6.42 Å². The standard InChI is InChI=1S/C12H15N3O2/c1-13-7-6-9-8-4-3-5-10(17-2)11(8)15-12(16)14-9/h3-5,13H,6-7H2,1-2H3,(H,14,15,16). The Morgan fingerprint density at radius 3 is 3.00 bits per heavy atom. The second-order valence-electron chi connectivity index (χ2n) is 3.73. The molecule has 1 heterocycles. The minimum Gasteiger partial charge on any atom is -0.494 e. The zero-order chi connectivity index (χ0) is 12.3. The number of aromatic amines is 1. The van der Waals surface area contributed by atoms with Crippen LogP contribution in [0.1, 0.15) is 5.69 Å². The molecule has 0 bridgehead atoms. The van der Waals surface area contributed by atoms with Crippen molar-refractivity contribution in [1.29, 1.82) is 0 Å². The minimum atomic E-state index is -0.340. The lowest BCUT2D eigenvalue weighted by molar-refractivity contribution is 0.418. The summed E-state index contributed by atoms with van der Waals surface area (Å²) in [7, 11) is 3.45. The second kappa shape index (κ2) is 4.97. The maximum Gasteiger partial charge on any atom is 0.345 e. The summed E-state index contributed by atoms with van der Waals surface area (Å²) in [4.78, 5) is 18.2. The molecule has 2 N–H and O–H groups in total. The first-order chi connectivity index (χ1) is 8.26. The van der Waals surface area contributed by atoms with Crippen molar-refractivity contribution in [2.24, 2.45) is 0 Å². The molecule has 0 aliphatic rings. The number of likely N-dealkylation sites (N-methyl/N-ethyl adjacent to an activating group) is 1. The largest absolute Gasteiger partial charge is 0.494 e. The first-order valence-electron chi connectivity index (χ1n) is 5.46. The summed E-state index contributed by atoms with van der Waals surface area (Å²) in [6.07, 6.45) is 0.748. The van der Waals surface area contributed by atoms with Crippen molar-refractivity contribution in [3.63, 3.8) is 0 Å². The van der Waals surface area contributed by atoms with Gasteiger partial charge in [-0.3, -0.25) is 0 Å². The number of methoxy groups -OCH3 is 1. The smallest absolute Gasteiger partial charge is 0.345 e. The number of hydrogen-bond donors (Lipinski definition) is 2. The van der Waals surface area contributed by atoms with Crippen molar-refractivity contribution in [3.8, 4) is 5.75 Å². The van der Waals surface area contributed by atoms with Gasteiger partial charge < -0.3 is 15.0 Å². The second-order valence-corrected chi connectivity index (χ2v) is 3.73. The lowest BCUT2D eigenvalue weighted by Crippen LogP contribution is -2.17. The van der Waals surface area contributed by atoms with E-state index in [1.165, 1.54) is 0 Å². The maximum atomic E-state index is 11.5. The maximum absolute atomic E-state index is 11.5. The number of hydrogen-bond acceptors (Lipinski definition) is 4. The summed E-state index contributed by atoms with van der Waals surface area (Å²) in [5.74, 6) is 0.624. The monoisotopic (exact) mass is 233 g/mol. The van der Waals surface area contributed by atoms with Gasteiger partial charge in [-0.2, -0.15) is 4.98 Å². The molecule has 0 unspecified atom stereocenters. The molecule has 0 saturated carbocycles. The van der Waals surface area contributed by atoms with E-state index in [4.69, 9.17) is 4.74 Å². The molecule has 17 heavy (non-hydrogen) atoms. The van der Waals surface area contributed by atoms with Gasteiger partial charge in [0, 0.05) is 24.0 Å². The molecule has 0 aliphatic carbocycles. The summed E-state index contributed by atoms with van der Waals surface area (Å²) in [6, 6.07) is 5.63. The number of benzene rings is 1. The third-order valence-corrected chi connectivity index (χ3v) is 2.64. The quantitative estimate of drug-likeness (QED) is 0.815. The number of H-pyrrole nitrogens is 1. The fraction of sp³-hybridized carbons (Fsp3) is 0.333. The van der Waals surface area contributed by atoms with E-state index in [9.17, 15) is 4.79 Å². The van der Waals surface area contributed by atoms with Gasteiger partial charge in [0.1, 0.15) is 11.3 Å². The van der Waals surface area contributed by atoms with Crippen LogP contribution < -0.4 is 15.7 Å². The van der Waals surface area contributed by atoms with Gasteiger partial charge >= 0.3 is 5.69 Å². The van der Waals surface area contributed by atoms with Gasteiger partial charge in [0.05, 0.1) is 7.11 Å². The van der Waals surface area contributed by atoms with Gasteiger partial charge in [-0.05, 0) is 13.1 Å². The molecule has 1 aromatic heterocycles. The van der Waals surface area contributed by atoms with Crippen molar-refractivity contribution in [1.82, 2.24) is 15.3 Å². The number of rotatable bonds is 4. The minimum absolute atomic E-state index is 0.340. The molecule has 0 saturated heterocycles. The van der Waals surface area contributed by atoms with E-state index in [2.05, 4.69) is 15.3 Å². The lowest BCUT2D eigenvalue weighted by Gasteiger charge is -2.08. The number of aromatic nitrogens is 2. The van der Waals surface area contributed by atoms with Crippen LogP contribution in [0.3, 0.4) is 0 Å². The summed E-state index contributed by atoms with van der Waals surface area (Å²) in [6.45, 7) is 0.798. The molecule has 90 valence electrons. The van der Waals surface area contributed by atoms with Crippen LogP contribution >= 0.6 is 0 Å². The lowest BCUT2D eigenvalue weighted by atomic mass is 10.1. The van der Waals surface area contributed by atoms with Gasteiger partial charge in [0.2, 0.25) is 0 Å². The predicted molar refractivity (Wildman–Crippen MR) is 66.5 cm³/mol. The Morgan fingerprint density at radius 2 is 2.29 bits per heavy atom. The van der Waals surface area contributed by atoms with E-state index < -0.39 is 0 Å². The van der Waals surface area contributed by atoms with E-state index in [1.54, 1.807) is 13.2 Å². The van der Waals surface area contributed by atoms with E-state index >= 15 is 0 Å². The fourth-order valence-electron chi connectivity index (χ4n) is 1.82. The third kappa shape index (κ3) is 2.29. The molecule has 0 fully saturated rings. The molecule has 2 rings (SSSR count). The van der Waals surface area contributed by atoms with Crippen molar-refractivity contribution in [3.05, 3.63) is 34.4 Å². The van der Waals surface area contributed by atoms with Gasteiger partial charge in [0.25, 0.3) is 0 Å². The molecule has 2 aromatic rings. The van der Waals surface area contributed by atoms with E-state index in [1.807, 2.05) is 19.2 Å². The topological polar surface area (TPSA) is 67.0 Å². The Balaban J connectivity index is 2.63. The van der Waals surface area contributed by atoms with Crippen molar-refractivity contribution in [2.75, 3.05) is 20.7 Å². The van der Waals surface area contributed by atoms with Crippen LogP contribution in [0.15, 0.2) is 23.0 Å². The van der Waals surface area contributed by atoms with Crippen molar-refractivity contribution >= 4 is 10.9 Å². The number of para-hydroxylation sites is 1. The Hall–Kier alpha value is -1.88. The third-order valence-electron chi connectivity index (χ3n) is 2.64. The number of ether oxygens (including phenoxy) is 1. The van der Waals surface area contributed by atoms with Crippen LogP contribution in [0.4, 0.5) is 0 Å². The highest BCUT2D eigenvalue weighted by atomic mass is 16.5. The highest BCUT2D eigenvalue weighted by Gasteiger charge is 2.08. The molecule has 5 heteroatoms. The van der Waals surface area contributed by atoms with Crippen LogP contribution in [0.5, 0.6) is 5.75 Å².